The van der Waals surface area contributed by atoms with Crippen LogP contribution in [0, 0.1) is 5.92 Å². The average molecular weight is 264 g/mol. The zero-order valence-electron chi connectivity index (χ0n) is 12.5. The van der Waals surface area contributed by atoms with Crippen LogP contribution in [0.1, 0.15) is 51.9 Å². The van der Waals surface area contributed by atoms with E-state index in [9.17, 15) is 0 Å². The fourth-order valence-electron chi connectivity index (χ4n) is 3.10. The first-order valence-corrected chi connectivity index (χ1v) is 7.72. The van der Waals surface area contributed by atoms with Crippen molar-refractivity contribution in [3.63, 3.8) is 0 Å². The van der Waals surface area contributed by atoms with E-state index in [4.69, 9.17) is 0 Å². The van der Waals surface area contributed by atoms with E-state index in [1.807, 2.05) is 12.4 Å². The Morgan fingerprint density at radius 1 is 1.53 bits per heavy atom. The van der Waals surface area contributed by atoms with E-state index in [2.05, 4.69) is 41.0 Å². The molecule has 4 heteroatoms. The van der Waals surface area contributed by atoms with Gasteiger partial charge in [0.25, 0.3) is 0 Å². The zero-order valence-corrected chi connectivity index (χ0v) is 12.5. The fraction of sp³-hybridized carbons (Fsp3) is 0.800. The quantitative estimate of drug-likeness (QED) is 0.830. The number of likely N-dealkylation sites (tertiary alicyclic amines) is 1. The van der Waals surface area contributed by atoms with Crippen molar-refractivity contribution in [1.29, 1.82) is 0 Å². The highest BCUT2D eigenvalue weighted by Gasteiger charge is 2.25. The molecular weight excluding hydrogens is 236 g/mol. The minimum atomic E-state index is 0.349. The summed E-state index contributed by atoms with van der Waals surface area (Å²) >= 11 is 0. The highest BCUT2D eigenvalue weighted by Crippen LogP contribution is 2.22. The second-order valence-electron chi connectivity index (χ2n) is 5.69. The Morgan fingerprint density at radius 2 is 2.37 bits per heavy atom. The molecule has 19 heavy (non-hydrogen) atoms. The van der Waals surface area contributed by atoms with Gasteiger partial charge in [-0.15, -0.1) is 0 Å². The van der Waals surface area contributed by atoms with E-state index in [0.29, 0.717) is 12.1 Å². The van der Waals surface area contributed by atoms with Crippen molar-refractivity contribution in [2.24, 2.45) is 5.92 Å². The molecule has 1 aromatic rings. The normalized spacial score (nSPS) is 24.3. The molecule has 3 atom stereocenters. The number of nitrogens with one attached hydrogen (secondary N) is 2. The molecule has 1 aliphatic rings. The fourth-order valence-corrected chi connectivity index (χ4v) is 3.10. The summed E-state index contributed by atoms with van der Waals surface area (Å²) < 4.78 is 0. The molecular formula is C15H28N4. The summed E-state index contributed by atoms with van der Waals surface area (Å²) in [4.78, 5) is 10.2. The summed E-state index contributed by atoms with van der Waals surface area (Å²) in [6.07, 6.45) is 7.50. The Kier molecular flexibility index (Phi) is 5.40. The van der Waals surface area contributed by atoms with E-state index in [1.165, 1.54) is 32.5 Å². The zero-order chi connectivity index (χ0) is 13.7. The third-order valence-corrected chi connectivity index (χ3v) is 4.42. The van der Waals surface area contributed by atoms with Crippen LogP contribution in [-0.4, -0.2) is 40.5 Å². The molecule has 2 N–H and O–H groups in total. The predicted molar refractivity (Wildman–Crippen MR) is 79.1 cm³/mol. The van der Waals surface area contributed by atoms with Crippen molar-refractivity contribution in [2.75, 3.05) is 19.6 Å². The molecule has 0 spiro atoms. The van der Waals surface area contributed by atoms with Crippen LogP contribution in [-0.2, 0) is 0 Å². The van der Waals surface area contributed by atoms with E-state index in [0.717, 1.165) is 18.2 Å². The maximum absolute atomic E-state index is 4.39. The molecule has 1 saturated heterocycles. The van der Waals surface area contributed by atoms with Gasteiger partial charge in [0, 0.05) is 25.0 Å². The molecule has 0 aliphatic carbocycles. The molecule has 1 aromatic heterocycles. The Bertz CT molecular complexity index is 349. The van der Waals surface area contributed by atoms with Gasteiger partial charge in [-0.05, 0) is 45.2 Å². The average Bonchev–Trinajstić information content (AvgIpc) is 2.98. The Morgan fingerprint density at radius 3 is 3.00 bits per heavy atom. The minimum absolute atomic E-state index is 0.349. The highest BCUT2D eigenvalue weighted by atomic mass is 15.1. The summed E-state index contributed by atoms with van der Waals surface area (Å²) in [5, 5.41) is 3.76. The standard InChI is InChI=1S/C15H28N4/c1-4-14(15-16-8-9-17-15)18-12(3)13-7-6-10-19(5-2)11-13/h8-9,12-14,18H,4-7,10-11H2,1-3H3,(H,16,17). The molecule has 108 valence electrons. The van der Waals surface area contributed by atoms with Gasteiger partial charge in [0.1, 0.15) is 5.82 Å². The second-order valence-corrected chi connectivity index (χ2v) is 5.69. The first-order chi connectivity index (χ1) is 9.24. The number of rotatable bonds is 6. The van der Waals surface area contributed by atoms with Crippen molar-refractivity contribution in [3.8, 4) is 0 Å². The van der Waals surface area contributed by atoms with Gasteiger partial charge in [0.2, 0.25) is 0 Å². The van der Waals surface area contributed by atoms with Gasteiger partial charge in [0.15, 0.2) is 0 Å². The number of piperidine rings is 1. The van der Waals surface area contributed by atoms with Crippen LogP contribution < -0.4 is 5.32 Å². The number of aromatic nitrogens is 2. The smallest absolute Gasteiger partial charge is 0.123 e. The van der Waals surface area contributed by atoms with Crippen LogP contribution in [0.5, 0.6) is 0 Å². The molecule has 3 unspecified atom stereocenters. The van der Waals surface area contributed by atoms with Crippen LogP contribution in [0.25, 0.3) is 0 Å². The first-order valence-electron chi connectivity index (χ1n) is 7.72. The molecule has 2 rings (SSSR count). The predicted octanol–water partition coefficient (Wildman–Crippen LogP) is 2.57. The monoisotopic (exact) mass is 264 g/mol. The van der Waals surface area contributed by atoms with Crippen molar-refractivity contribution in [2.45, 2.75) is 52.1 Å². The molecule has 4 nitrogen and oxygen atoms in total. The molecule has 0 bridgehead atoms. The van der Waals surface area contributed by atoms with Gasteiger partial charge in [-0.1, -0.05) is 13.8 Å². The summed E-state index contributed by atoms with van der Waals surface area (Å²) in [6.45, 7) is 10.5. The Labute approximate surface area is 117 Å². The van der Waals surface area contributed by atoms with Gasteiger partial charge < -0.3 is 15.2 Å². The summed E-state index contributed by atoms with van der Waals surface area (Å²) in [5.74, 6) is 1.83. The number of H-pyrrole nitrogens is 1. The maximum atomic E-state index is 4.39. The molecule has 0 radical (unpaired) electrons. The minimum Gasteiger partial charge on any atom is -0.347 e. The largest absolute Gasteiger partial charge is 0.347 e. The number of imidazole rings is 1. The van der Waals surface area contributed by atoms with Gasteiger partial charge >= 0.3 is 0 Å². The van der Waals surface area contributed by atoms with E-state index in [1.54, 1.807) is 0 Å². The van der Waals surface area contributed by atoms with E-state index < -0.39 is 0 Å². The number of aromatic amines is 1. The second kappa shape index (κ2) is 7.06. The van der Waals surface area contributed by atoms with Crippen molar-refractivity contribution in [1.82, 2.24) is 20.2 Å². The SMILES string of the molecule is CCC(NC(C)C1CCCN(CC)C1)c1ncc[nH]1. The van der Waals surface area contributed by atoms with Gasteiger partial charge in [-0.25, -0.2) is 4.98 Å². The van der Waals surface area contributed by atoms with Gasteiger partial charge in [0.05, 0.1) is 6.04 Å². The van der Waals surface area contributed by atoms with Crippen LogP contribution in [0.2, 0.25) is 0 Å². The summed E-state index contributed by atoms with van der Waals surface area (Å²) in [6, 6.07) is 0.895. The summed E-state index contributed by atoms with van der Waals surface area (Å²) in [7, 11) is 0. The highest BCUT2D eigenvalue weighted by molar-refractivity contribution is 4.96. The van der Waals surface area contributed by atoms with E-state index in [-0.39, 0.29) is 0 Å². The third kappa shape index (κ3) is 3.80. The van der Waals surface area contributed by atoms with Crippen molar-refractivity contribution < 1.29 is 0 Å². The topological polar surface area (TPSA) is 44.0 Å². The maximum Gasteiger partial charge on any atom is 0.123 e. The lowest BCUT2D eigenvalue weighted by molar-refractivity contribution is 0.151. The lowest BCUT2D eigenvalue weighted by Gasteiger charge is -2.36. The number of hydrogen-bond donors (Lipinski definition) is 2. The lowest BCUT2D eigenvalue weighted by Crippen LogP contribution is -2.45. The molecule has 1 aliphatic heterocycles. The molecule has 2 heterocycles. The number of nitrogens with zero attached hydrogens (tertiary/aromatic N) is 2. The Balaban J connectivity index is 1.90. The summed E-state index contributed by atoms with van der Waals surface area (Å²) in [5.41, 5.74) is 0. The molecule has 0 amide bonds. The Hall–Kier alpha value is -0.870. The van der Waals surface area contributed by atoms with Crippen LogP contribution in [0.3, 0.4) is 0 Å². The molecule has 1 fully saturated rings. The first kappa shape index (κ1) is 14.5. The van der Waals surface area contributed by atoms with Crippen LogP contribution in [0.4, 0.5) is 0 Å². The van der Waals surface area contributed by atoms with Crippen molar-refractivity contribution >= 4 is 0 Å². The van der Waals surface area contributed by atoms with Gasteiger partial charge in [-0.2, -0.15) is 0 Å². The third-order valence-electron chi connectivity index (χ3n) is 4.42. The number of hydrogen-bond acceptors (Lipinski definition) is 3. The molecule has 0 saturated carbocycles. The van der Waals surface area contributed by atoms with Crippen molar-refractivity contribution in [3.05, 3.63) is 18.2 Å². The lowest BCUT2D eigenvalue weighted by atomic mass is 9.91. The van der Waals surface area contributed by atoms with Crippen LogP contribution in [0.15, 0.2) is 12.4 Å². The van der Waals surface area contributed by atoms with Gasteiger partial charge in [-0.3, -0.25) is 0 Å². The van der Waals surface area contributed by atoms with Crippen LogP contribution >= 0.6 is 0 Å². The van der Waals surface area contributed by atoms with E-state index >= 15 is 0 Å². The molecule has 0 aromatic carbocycles.